The van der Waals surface area contributed by atoms with Crippen LogP contribution in [0, 0.1) is 0 Å². The normalized spacial score (nSPS) is 14.7. The smallest absolute Gasteiger partial charge is 0.118 e. The number of rotatable bonds is 7. The van der Waals surface area contributed by atoms with Gasteiger partial charge in [0.1, 0.15) is 5.75 Å². The summed E-state index contributed by atoms with van der Waals surface area (Å²) in [5.74, 6) is 0.873. The number of methoxy groups -OCH3 is 1. The molecule has 0 spiro atoms. The molecule has 0 aromatic heterocycles. The molecule has 0 saturated heterocycles. The Labute approximate surface area is 117 Å². The van der Waals surface area contributed by atoms with Crippen LogP contribution in [0.3, 0.4) is 0 Å². The Morgan fingerprint density at radius 3 is 2.16 bits per heavy atom. The molecule has 108 valence electrons. The minimum atomic E-state index is 0.0276. The van der Waals surface area contributed by atoms with Gasteiger partial charge < -0.3 is 10.5 Å². The fourth-order valence-electron chi connectivity index (χ4n) is 2.50. The predicted octanol–water partition coefficient (Wildman–Crippen LogP) is 3.20. The molecule has 0 aliphatic carbocycles. The highest BCUT2D eigenvalue weighted by atomic mass is 16.5. The molecule has 1 aromatic carbocycles. The summed E-state index contributed by atoms with van der Waals surface area (Å²) >= 11 is 0. The fourth-order valence-corrected chi connectivity index (χ4v) is 2.50. The molecule has 19 heavy (non-hydrogen) atoms. The van der Waals surface area contributed by atoms with Gasteiger partial charge >= 0.3 is 0 Å². The lowest BCUT2D eigenvalue weighted by Crippen LogP contribution is -2.45. The first-order chi connectivity index (χ1) is 9.01. The van der Waals surface area contributed by atoms with Crippen LogP contribution in [0.5, 0.6) is 5.75 Å². The van der Waals surface area contributed by atoms with Gasteiger partial charge in [0.25, 0.3) is 0 Å². The summed E-state index contributed by atoms with van der Waals surface area (Å²) in [5, 5.41) is 0. The first-order valence-electron chi connectivity index (χ1n) is 7.16. The van der Waals surface area contributed by atoms with E-state index in [1.54, 1.807) is 7.11 Å². The van der Waals surface area contributed by atoms with Gasteiger partial charge in [-0.25, -0.2) is 0 Å². The van der Waals surface area contributed by atoms with Crippen molar-refractivity contribution in [1.29, 1.82) is 0 Å². The van der Waals surface area contributed by atoms with Gasteiger partial charge in [-0.15, -0.1) is 0 Å². The topological polar surface area (TPSA) is 38.5 Å². The number of hydrogen-bond acceptors (Lipinski definition) is 3. The zero-order valence-electron chi connectivity index (χ0n) is 12.9. The third-order valence-electron chi connectivity index (χ3n) is 3.69. The first-order valence-corrected chi connectivity index (χ1v) is 7.16. The standard InChI is InChI=1S/C16H28N2O/c1-6-11-18(12(2)3)13(4)16(17)14-7-9-15(19-5)10-8-14/h7-10,12-13,16H,6,11,17H2,1-5H3. The zero-order valence-corrected chi connectivity index (χ0v) is 12.9. The van der Waals surface area contributed by atoms with Gasteiger partial charge in [0, 0.05) is 18.1 Å². The SMILES string of the molecule is CCCN(C(C)C)C(C)C(N)c1ccc(OC)cc1. The van der Waals surface area contributed by atoms with Crippen molar-refractivity contribution in [2.24, 2.45) is 5.73 Å². The summed E-state index contributed by atoms with van der Waals surface area (Å²) in [6.07, 6.45) is 1.15. The second-order valence-corrected chi connectivity index (χ2v) is 5.37. The summed E-state index contributed by atoms with van der Waals surface area (Å²) in [6, 6.07) is 8.94. The van der Waals surface area contributed by atoms with E-state index in [1.807, 2.05) is 12.1 Å². The van der Waals surface area contributed by atoms with Crippen molar-refractivity contribution in [2.45, 2.75) is 52.2 Å². The number of nitrogens with two attached hydrogens (primary N) is 1. The molecule has 0 amide bonds. The summed E-state index contributed by atoms with van der Waals surface area (Å²) < 4.78 is 5.18. The Morgan fingerprint density at radius 1 is 1.16 bits per heavy atom. The van der Waals surface area contributed by atoms with Crippen LogP contribution >= 0.6 is 0 Å². The van der Waals surface area contributed by atoms with Crippen molar-refractivity contribution in [1.82, 2.24) is 4.90 Å². The minimum Gasteiger partial charge on any atom is -0.497 e. The predicted molar refractivity (Wildman–Crippen MR) is 81.5 cm³/mol. The second-order valence-electron chi connectivity index (χ2n) is 5.37. The highest BCUT2D eigenvalue weighted by Crippen LogP contribution is 2.22. The van der Waals surface area contributed by atoms with Gasteiger partial charge in [0.15, 0.2) is 0 Å². The van der Waals surface area contributed by atoms with Crippen molar-refractivity contribution in [3.8, 4) is 5.75 Å². The van der Waals surface area contributed by atoms with Crippen molar-refractivity contribution >= 4 is 0 Å². The fraction of sp³-hybridized carbons (Fsp3) is 0.625. The maximum Gasteiger partial charge on any atom is 0.118 e. The lowest BCUT2D eigenvalue weighted by atomic mass is 9.99. The van der Waals surface area contributed by atoms with E-state index in [1.165, 1.54) is 0 Å². The molecule has 3 heteroatoms. The molecule has 0 radical (unpaired) electrons. The van der Waals surface area contributed by atoms with Crippen LogP contribution < -0.4 is 10.5 Å². The second kappa shape index (κ2) is 7.51. The van der Waals surface area contributed by atoms with E-state index < -0.39 is 0 Å². The van der Waals surface area contributed by atoms with Crippen LogP contribution in [0.4, 0.5) is 0 Å². The number of nitrogens with zero attached hydrogens (tertiary/aromatic N) is 1. The van der Waals surface area contributed by atoms with Gasteiger partial charge in [-0.05, 0) is 51.4 Å². The maximum atomic E-state index is 6.42. The molecule has 2 unspecified atom stereocenters. The van der Waals surface area contributed by atoms with Gasteiger partial charge in [-0.3, -0.25) is 4.90 Å². The van der Waals surface area contributed by atoms with E-state index in [2.05, 4.69) is 44.7 Å². The molecule has 0 aliphatic heterocycles. The van der Waals surface area contributed by atoms with Gasteiger partial charge in [-0.2, -0.15) is 0 Å². The van der Waals surface area contributed by atoms with Crippen LogP contribution in [0.15, 0.2) is 24.3 Å². The quantitative estimate of drug-likeness (QED) is 0.822. The third-order valence-corrected chi connectivity index (χ3v) is 3.69. The summed E-state index contributed by atoms with van der Waals surface area (Å²) in [4.78, 5) is 2.47. The minimum absolute atomic E-state index is 0.0276. The Kier molecular flexibility index (Phi) is 6.32. The molecular weight excluding hydrogens is 236 g/mol. The van der Waals surface area contributed by atoms with E-state index in [0.717, 1.165) is 24.3 Å². The Bertz CT molecular complexity index is 362. The molecule has 2 atom stereocenters. The van der Waals surface area contributed by atoms with Crippen LogP contribution in [-0.2, 0) is 0 Å². The van der Waals surface area contributed by atoms with Gasteiger partial charge in [0.05, 0.1) is 7.11 Å². The molecule has 3 nitrogen and oxygen atoms in total. The molecule has 0 aliphatic rings. The summed E-state index contributed by atoms with van der Waals surface area (Å²) in [6.45, 7) is 9.97. The molecule has 0 saturated carbocycles. The van der Waals surface area contributed by atoms with Crippen molar-refractivity contribution in [3.05, 3.63) is 29.8 Å². The number of benzene rings is 1. The number of hydrogen-bond donors (Lipinski definition) is 1. The zero-order chi connectivity index (χ0) is 14.4. The Morgan fingerprint density at radius 2 is 1.74 bits per heavy atom. The Hall–Kier alpha value is -1.06. The van der Waals surface area contributed by atoms with E-state index in [9.17, 15) is 0 Å². The van der Waals surface area contributed by atoms with Gasteiger partial charge in [0.2, 0.25) is 0 Å². The summed E-state index contributed by atoms with van der Waals surface area (Å²) in [7, 11) is 1.68. The van der Waals surface area contributed by atoms with Crippen molar-refractivity contribution in [3.63, 3.8) is 0 Å². The third kappa shape index (κ3) is 4.22. The highest BCUT2D eigenvalue weighted by Gasteiger charge is 2.23. The molecule has 0 fully saturated rings. The van der Waals surface area contributed by atoms with Crippen LogP contribution in [0.2, 0.25) is 0 Å². The average molecular weight is 264 g/mol. The molecule has 0 heterocycles. The molecule has 1 rings (SSSR count). The van der Waals surface area contributed by atoms with Crippen LogP contribution in [0.1, 0.15) is 45.7 Å². The highest BCUT2D eigenvalue weighted by molar-refractivity contribution is 5.29. The van der Waals surface area contributed by atoms with E-state index in [-0.39, 0.29) is 6.04 Å². The first kappa shape index (κ1) is 16.0. The molecular formula is C16H28N2O. The average Bonchev–Trinajstić information content (AvgIpc) is 2.43. The summed E-state index contributed by atoms with van der Waals surface area (Å²) in [5.41, 5.74) is 7.58. The van der Waals surface area contributed by atoms with Gasteiger partial charge in [-0.1, -0.05) is 19.1 Å². The monoisotopic (exact) mass is 264 g/mol. The van der Waals surface area contributed by atoms with E-state index >= 15 is 0 Å². The lowest BCUT2D eigenvalue weighted by molar-refractivity contribution is 0.143. The van der Waals surface area contributed by atoms with E-state index in [4.69, 9.17) is 10.5 Å². The van der Waals surface area contributed by atoms with Crippen molar-refractivity contribution < 1.29 is 4.74 Å². The Balaban J connectivity index is 2.80. The largest absolute Gasteiger partial charge is 0.497 e. The number of ether oxygens (including phenoxy) is 1. The van der Waals surface area contributed by atoms with Crippen molar-refractivity contribution in [2.75, 3.05) is 13.7 Å². The lowest BCUT2D eigenvalue weighted by Gasteiger charge is -2.36. The van der Waals surface area contributed by atoms with Crippen LogP contribution in [0.25, 0.3) is 0 Å². The molecule has 0 bridgehead atoms. The molecule has 1 aromatic rings. The maximum absolute atomic E-state index is 6.42. The van der Waals surface area contributed by atoms with E-state index in [0.29, 0.717) is 12.1 Å². The van der Waals surface area contributed by atoms with Crippen LogP contribution in [-0.4, -0.2) is 30.6 Å². The molecule has 2 N–H and O–H groups in total.